The highest BCUT2D eigenvalue weighted by Crippen LogP contribution is 2.34. The van der Waals surface area contributed by atoms with Crippen LogP contribution < -0.4 is 11.6 Å². The van der Waals surface area contributed by atoms with Crippen molar-refractivity contribution >= 4 is 18.0 Å². The largest absolute Gasteiger partial charge is 0.478 e. The predicted molar refractivity (Wildman–Crippen MR) is 113 cm³/mol. The Labute approximate surface area is 179 Å². The van der Waals surface area contributed by atoms with Crippen LogP contribution in [-0.4, -0.2) is 49.8 Å². The van der Waals surface area contributed by atoms with E-state index in [-0.39, 0.29) is 17.0 Å². The number of piperidine rings is 1. The normalized spacial score (nSPS) is 16.7. The SMILES string of the molecule is CC(C)(C)OC(=O)N1CCCCC1c1nc(-c2ccc(C(=O)O)cc2)c(C(N)=O)n1N. The van der Waals surface area contributed by atoms with Crippen LogP contribution in [0, 0.1) is 0 Å². The van der Waals surface area contributed by atoms with Gasteiger partial charge in [0.2, 0.25) is 0 Å². The molecule has 1 aromatic carbocycles. The lowest BCUT2D eigenvalue weighted by Gasteiger charge is -2.36. The number of ether oxygens (including phenoxy) is 1. The second-order valence-corrected chi connectivity index (χ2v) is 8.47. The number of carbonyl (C=O) groups excluding carboxylic acids is 2. The molecule has 1 aromatic heterocycles. The molecule has 2 amide bonds. The van der Waals surface area contributed by atoms with E-state index in [2.05, 4.69) is 4.98 Å². The molecule has 2 heterocycles. The first-order chi connectivity index (χ1) is 14.5. The third-order valence-corrected chi connectivity index (χ3v) is 5.01. The van der Waals surface area contributed by atoms with E-state index in [0.717, 1.165) is 17.5 Å². The van der Waals surface area contributed by atoms with Crippen LogP contribution >= 0.6 is 0 Å². The fourth-order valence-electron chi connectivity index (χ4n) is 3.63. The number of carbonyl (C=O) groups is 3. The summed E-state index contributed by atoms with van der Waals surface area (Å²) in [4.78, 5) is 42.2. The number of carboxylic acids is 1. The van der Waals surface area contributed by atoms with Crippen LogP contribution in [0.25, 0.3) is 11.3 Å². The van der Waals surface area contributed by atoms with Crippen LogP contribution in [0.1, 0.15) is 72.7 Å². The summed E-state index contributed by atoms with van der Waals surface area (Å²) in [6, 6.07) is 5.40. The highest BCUT2D eigenvalue weighted by Gasteiger charge is 2.36. The number of hydrogen-bond donors (Lipinski definition) is 3. The van der Waals surface area contributed by atoms with Gasteiger partial charge in [-0.2, -0.15) is 0 Å². The van der Waals surface area contributed by atoms with Gasteiger partial charge in [-0.05, 0) is 52.2 Å². The smallest absolute Gasteiger partial charge is 0.410 e. The Morgan fingerprint density at radius 3 is 2.35 bits per heavy atom. The third kappa shape index (κ3) is 4.62. The summed E-state index contributed by atoms with van der Waals surface area (Å²) in [5.74, 6) is 4.69. The van der Waals surface area contributed by atoms with E-state index in [4.69, 9.17) is 21.4 Å². The molecule has 0 bridgehead atoms. The zero-order chi connectivity index (χ0) is 22.9. The first-order valence-corrected chi connectivity index (χ1v) is 10.0. The zero-order valence-electron chi connectivity index (χ0n) is 17.8. The molecule has 166 valence electrons. The molecule has 0 aliphatic carbocycles. The maximum Gasteiger partial charge on any atom is 0.410 e. The lowest BCUT2D eigenvalue weighted by Crippen LogP contribution is -2.43. The van der Waals surface area contributed by atoms with E-state index >= 15 is 0 Å². The average Bonchev–Trinajstić information content (AvgIpc) is 3.04. The van der Waals surface area contributed by atoms with Crippen molar-refractivity contribution < 1.29 is 24.2 Å². The highest BCUT2D eigenvalue weighted by molar-refractivity contribution is 5.98. The van der Waals surface area contributed by atoms with Gasteiger partial charge < -0.3 is 21.4 Å². The number of likely N-dealkylation sites (tertiary alicyclic amines) is 1. The van der Waals surface area contributed by atoms with Crippen LogP contribution in [0.4, 0.5) is 4.79 Å². The number of aromatic carboxylic acids is 1. The van der Waals surface area contributed by atoms with Crippen molar-refractivity contribution in [2.75, 3.05) is 12.4 Å². The lowest BCUT2D eigenvalue weighted by molar-refractivity contribution is 0.00820. The molecular weight excluding hydrogens is 402 g/mol. The van der Waals surface area contributed by atoms with Gasteiger partial charge >= 0.3 is 12.1 Å². The molecule has 3 rings (SSSR count). The second-order valence-electron chi connectivity index (χ2n) is 8.47. The number of benzene rings is 1. The molecule has 1 saturated heterocycles. The molecule has 5 N–H and O–H groups in total. The highest BCUT2D eigenvalue weighted by atomic mass is 16.6. The molecule has 31 heavy (non-hydrogen) atoms. The van der Waals surface area contributed by atoms with Crippen molar-refractivity contribution in [2.24, 2.45) is 5.73 Å². The van der Waals surface area contributed by atoms with Crippen LogP contribution in [0.3, 0.4) is 0 Å². The van der Waals surface area contributed by atoms with E-state index in [0.29, 0.717) is 24.4 Å². The lowest BCUT2D eigenvalue weighted by atomic mass is 10.0. The minimum Gasteiger partial charge on any atom is -0.478 e. The number of carboxylic acid groups (broad SMARTS) is 1. The summed E-state index contributed by atoms with van der Waals surface area (Å²) in [6.45, 7) is 5.84. The summed E-state index contributed by atoms with van der Waals surface area (Å²) >= 11 is 0. The number of nitrogens with two attached hydrogens (primary N) is 2. The Bertz CT molecular complexity index is 1010. The number of primary amides is 1. The van der Waals surface area contributed by atoms with Gasteiger partial charge in [0.05, 0.1) is 11.6 Å². The quantitative estimate of drug-likeness (QED) is 0.631. The predicted octanol–water partition coefficient (Wildman–Crippen LogP) is 2.52. The van der Waals surface area contributed by atoms with Crippen molar-refractivity contribution in [3.05, 3.63) is 41.3 Å². The van der Waals surface area contributed by atoms with E-state index in [9.17, 15) is 14.4 Å². The number of imidazole rings is 1. The molecule has 1 unspecified atom stereocenters. The van der Waals surface area contributed by atoms with Crippen molar-refractivity contribution in [1.29, 1.82) is 0 Å². The van der Waals surface area contributed by atoms with Crippen LogP contribution in [-0.2, 0) is 4.74 Å². The van der Waals surface area contributed by atoms with Gasteiger partial charge in [-0.15, -0.1) is 0 Å². The first kappa shape index (κ1) is 22.1. The zero-order valence-corrected chi connectivity index (χ0v) is 17.8. The molecule has 0 saturated carbocycles. The summed E-state index contributed by atoms with van der Waals surface area (Å²) in [5.41, 5.74) is 5.71. The molecular formula is C21H27N5O5. The fraction of sp³-hybridized carbons (Fsp3) is 0.429. The molecule has 10 nitrogen and oxygen atoms in total. The maximum atomic E-state index is 12.8. The van der Waals surface area contributed by atoms with Crippen molar-refractivity contribution in [3.63, 3.8) is 0 Å². The summed E-state index contributed by atoms with van der Waals surface area (Å²) in [7, 11) is 0. The fourth-order valence-corrected chi connectivity index (χ4v) is 3.63. The minimum absolute atomic E-state index is 0.0206. The van der Waals surface area contributed by atoms with Crippen LogP contribution in [0.15, 0.2) is 24.3 Å². The summed E-state index contributed by atoms with van der Waals surface area (Å²) < 4.78 is 6.66. The summed E-state index contributed by atoms with van der Waals surface area (Å²) in [6.07, 6.45) is 1.79. The van der Waals surface area contributed by atoms with Gasteiger partial charge in [-0.3, -0.25) is 9.69 Å². The van der Waals surface area contributed by atoms with E-state index < -0.39 is 29.6 Å². The van der Waals surface area contributed by atoms with Gasteiger partial charge in [0, 0.05) is 12.1 Å². The maximum absolute atomic E-state index is 12.8. The van der Waals surface area contributed by atoms with Gasteiger partial charge in [-0.1, -0.05) is 12.1 Å². The number of aromatic nitrogens is 2. The Kier molecular flexibility index (Phi) is 5.92. The van der Waals surface area contributed by atoms with E-state index in [1.807, 2.05) is 0 Å². The monoisotopic (exact) mass is 429 g/mol. The molecule has 1 aliphatic rings. The number of nitrogens with zero attached hydrogens (tertiary/aromatic N) is 3. The molecule has 1 aliphatic heterocycles. The number of nitrogen functional groups attached to an aromatic ring is 1. The Morgan fingerprint density at radius 2 is 1.81 bits per heavy atom. The third-order valence-electron chi connectivity index (χ3n) is 5.01. The summed E-state index contributed by atoms with van der Waals surface area (Å²) in [5, 5.41) is 9.11. The Hall–Kier alpha value is -3.56. The van der Waals surface area contributed by atoms with Crippen molar-refractivity contribution in [3.8, 4) is 11.3 Å². The molecule has 10 heteroatoms. The molecule has 2 aromatic rings. The van der Waals surface area contributed by atoms with Crippen molar-refractivity contribution in [2.45, 2.75) is 51.7 Å². The molecule has 1 atom stereocenters. The number of amides is 2. The van der Waals surface area contributed by atoms with Crippen LogP contribution in [0.2, 0.25) is 0 Å². The van der Waals surface area contributed by atoms with Crippen LogP contribution in [0.5, 0.6) is 0 Å². The Balaban J connectivity index is 2.04. The topological polar surface area (TPSA) is 154 Å². The van der Waals surface area contributed by atoms with Gasteiger partial charge in [0.1, 0.15) is 11.3 Å². The molecule has 1 fully saturated rings. The first-order valence-electron chi connectivity index (χ1n) is 10.0. The van der Waals surface area contributed by atoms with E-state index in [1.165, 1.54) is 24.3 Å². The Morgan fingerprint density at radius 1 is 1.16 bits per heavy atom. The molecule has 0 spiro atoms. The second kappa shape index (κ2) is 8.29. The van der Waals surface area contributed by atoms with Gasteiger partial charge in [-0.25, -0.2) is 19.2 Å². The van der Waals surface area contributed by atoms with Gasteiger partial charge in [0.25, 0.3) is 5.91 Å². The minimum atomic E-state index is -1.07. The van der Waals surface area contributed by atoms with Crippen molar-refractivity contribution in [1.82, 2.24) is 14.6 Å². The standard InChI is InChI=1S/C21H27N5O5/c1-21(2,3)31-20(30)25-11-5-4-6-14(25)18-24-15(16(17(22)27)26(18)23)12-7-9-13(10-8-12)19(28)29/h7-10,14H,4-6,11,23H2,1-3H3,(H2,22,27)(H,28,29). The van der Waals surface area contributed by atoms with E-state index in [1.54, 1.807) is 25.7 Å². The number of rotatable bonds is 4. The molecule has 0 radical (unpaired) electrons. The number of hydrogen-bond acceptors (Lipinski definition) is 6. The van der Waals surface area contributed by atoms with Gasteiger partial charge in [0.15, 0.2) is 11.5 Å². The average molecular weight is 429 g/mol.